The molecule has 0 spiro atoms. The molecule has 0 fully saturated rings. The fourth-order valence-electron chi connectivity index (χ4n) is 2.44. The maximum absolute atomic E-state index is 11.4. The number of thioether (sulfide) groups is 1. The molecule has 0 aliphatic carbocycles. The summed E-state index contributed by atoms with van der Waals surface area (Å²) in [5, 5.41) is 17.8. The molecule has 1 atom stereocenters. The standard InChI is InChI=1S/C13H13N3O4S/c17-12(18)7-4-14-9(13(19)20)6-21-11(7)8-5-16-3-1-2-10(16)15-8/h4-5,11H,1-3,6H2,(H,17,18)(H,19,20). The third-order valence-electron chi connectivity index (χ3n) is 3.47. The van der Waals surface area contributed by atoms with E-state index in [4.69, 9.17) is 5.11 Å². The molecule has 2 aliphatic heterocycles. The van der Waals surface area contributed by atoms with Gasteiger partial charge in [0.15, 0.2) is 0 Å². The van der Waals surface area contributed by atoms with Gasteiger partial charge in [0.2, 0.25) is 0 Å². The van der Waals surface area contributed by atoms with Crippen LogP contribution >= 0.6 is 11.8 Å². The first-order valence-electron chi connectivity index (χ1n) is 6.47. The van der Waals surface area contributed by atoms with E-state index in [9.17, 15) is 14.7 Å². The van der Waals surface area contributed by atoms with Gasteiger partial charge in [-0.2, -0.15) is 0 Å². The second kappa shape index (κ2) is 5.36. The third-order valence-corrected chi connectivity index (χ3v) is 4.74. The highest BCUT2D eigenvalue weighted by Gasteiger charge is 2.30. The summed E-state index contributed by atoms with van der Waals surface area (Å²) >= 11 is 1.23. The molecule has 0 saturated heterocycles. The molecule has 8 heteroatoms. The van der Waals surface area contributed by atoms with Gasteiger partial charge in [0.05, 0.1) is 16.5 Å². The van der Waals surface area contributed by atoms with Crippen LogP contribution in [0, 0.1) is 0 Å². The number of imidazole rings is 1. The molecule has 0 saturated carbocycles. The maximum atomic E-state index is 11.4. The van der Waals surface area contributed by atoms with Crippen molar-refractivity contribution in [2.24, 2.45) is 4.99 Å². The van der Waals surface area contributed by atoms with Crippen molar-refractivity contribution in [1.82, 2.24) is 9.55 Å². The zero-order valence-corrected chi connectivity index (χ0v) is 11.8. The first-order valence-corrected chi connectivity index (χ1v) is 7.52. The third kappa shape index (κ3) is 2.58. The van der Waals surface area contributed by atoms with Crippen molar-refractivity contribution in [3.05, 3.63) is 29.5 Å². The van der Waals surface area contributed by atoms with Crippen LogP contribution < -0.4 is 0 Å². The highest BCUT2D eigenvalue weighted by molar-refractivity contribution is 8.00. The zero-order chi connectivity index (χ0) is 15.0. The van der Waals surface area contributed by atoms with Crippen LogP contribution in [0.1, 0.15) is 23.2 Å². The Morgan fingerprint density at radius 2 is 2.14 bits per heavy atom. The summed E-state index contributed by atoms with van der Waals surface area (Å²) in [6.07, 6.45) is 4.94. The summed E-state index contributed by atoms with van der Waals surface area (Å²) in [4.78, 5) is 30.7. The second-order valence-electron chi connectivity index (χ2n) is 4.84. The minimum Gasteiger partial charge on any atom is -0.478 e. The Labute approximate surface area is 124 Å². The highest BCUT2D eigenvalue weighted by atomic mass is 32.2. The number of aliphatic imine (C=N–C) groups is 1. The van der Waals surface area contributed by atoms with E-state index in [1.165, 1.54) is 11.8 Å². The van der Waals surface area contributed by atoms with E-state index in [1.54, 1.807) is 0 Å². The average molecular weight is 307 g/mol. The normalized spacial score (nSPS) is 21.2. The molecule has 0 amide bonds. The van der Waals surface area contributed by atoms with Crippen molar-refractivity contribution in [3.8, 4) is 0 Å². The van der Waals surface area contributed by atoms with Gasteiger partial charge in [0.1, 0.15) is 11.5 Å². The lowest BCUT2D eigenvalue weighted by molar-refractivity contribution is -0.133. The van der Waals surface area contributed by atoms with Crippen molar-refractivity contribution in [3.63, 3.8) is 0 Å². The molecule has 0 aromatic carbocycles. The predicted molar refractivity (Wildman–Crippen MR) is 76.5 cm³/mol. The van der Waals surface area contributed by atoms with E-state index in [-0.39, 0.29) is 17.0 Å². The van der Waals surface area contributed by atoms with E-state index in [2.05, 4.69) is 9.98 Å². The van der Waals surface area contributed by atoms with Gasteiger partial charge in [-0.15, -0.1) is 11.8 Å². The van der Waals surface area contributed by atoms with Crippen molar-refractivity contribution < 1.29 is 19.8 Å². The molecule has 0 radical (unpaired) electrons. The quantitative estimate of drug-likeness (QED) is 0.866. The Bertz CT molecular complexity index is 655. The van der Waals surface area contributed by atoms with Gasteiger partial charge in [-0.25, -0.2) is 14.6 Å². The van der Waals surface area contributed by atoms with E-state index < -0.39 is 17.2 Å². The first kappa shape index (κ1) is 13.9. The molecular weight excluding hydrogens is 294 g/mol. The minimum absolute atomic E-state index is 0.0481. The minimum atomic E-state index is -1.13. The molecule has 1 unspecified atom stereocenters. The zero-order valence-electron chi connectivity index (χ0n) is 11.0. The van der Waals surface area contributed by atoms with Gasteiger partial charge in [-0.05, 0) is 6.42 Å². The fourth-order valence-corrected chi connectivity index (χ4v) is 3.58. The number of hydrogen-bond acceptors (Lipinski definition) is 5. The Morgan fingerprint density at radius 1 is 1.33 bits per heavy atom. The molecule has 2 aliphatic rings. The van der Waals surface area contributed by atoms with E-state index >= 15 is 0 Å². The van der Waals surface area contributed by atoms with E-state index in [0.717, 1.165) is 31.4 Å². The molecule has 21 heavy (non-hydrogen) atoms. The number of aliphatic carboxylic acids is 2. The number of aryl methyl sites for hydroxylation is 2. The Hall–Kier alpha value is -2.09. The second-order valence-corrected chi connectivity index (χ2v) is 5.93. The molecule has 3 rings (SSSR count). The number of nitrogens with zero attached hydrogens (tertiary/aromatic N) is 3. The van der Waals surface area contributed by atoms with Crippen LogP contribution in [0.5, 0.6) is 0 Å². The molecule has 1 aromatic rings. The molecular formula is C13H13N3O4S. The number of carboxylic acid groups (broad SMARTS) is 2. The van der Waals surface area contributed by atoms with Gasteiger partial charge in [-0.3, -0.25) is 4.99 Å². The summed E-state index contributed by atoms with van der Waals surface area (Å²) in [5.41, 5.74) is 0.672. The van der Waals surface area contributed by atoms with Crippen molar-refractivity contribution in [1.29, 1.82) is 0 Å². The summed E-state index contributed by atoms with van der Waals surface area (Å²) in [7, 11) is 0. The highest BCUT2D eigenvalue weighted by Crippen LogP contribution is 2.37. The summed E-state index contributed by atoms with van der Waals surface area (Å²) in [5.74, 6) is -1.12. The molecule has 7 nitrogen and oxygen atoms in total. The Morgan fingerprint density at radius 3 is 2.81 bits per heavy atom. The van der Waals surface area contributed by atoms with Gasteiger partial charge < -0.3 is 14.8 Å². The lowest BCUT2D eigenvalue weighted by Gasteiger charge is -2.12. The van der Waals surface area contributed by atoms with Crippen LogP contribution in [0.3, 0.4) is 0 Å². The number of fused-ring (bicyclic) bond motifs is 1. The van der Waals surface area contributed by atoms with Crippen molar-refractivity contribution in [2.75, 3.05) is 5.75 Å². The SMILES string of the molecule is O=C(O)C1=CN=C(C(=O)O)CSC1c1cn2c(n1)CCC2. The summed E-state index contributed by atoms with van der Waals surface area (Å²) in [6.45, 7) is 0.892. The van der Waals surface area contributed by atoms with Crippen molar-refractivity contribution in [2.45, 2.75) is 24.6 Å². The average Bonchev–Trinajstić information content (AvgIpc) is 2.92. The van der Waals surface area contributed by atoms with Crippen LogP contribution in [-0.4, -0.2) is 43.2 Å². The van der Waals surface area contributed by atoms with Gasteiger partial charge in [0, 0.05) is 31.1 Å². The van der Waals surface area contributed by atoms with Crippen LogP contribution in [0.2, 0.25) is 0 Å². The lowest BCUT2D eigenvalue weighted by Crippen LogP contribution is -2.15. The lowest BCUT2D eigenvalue weighted by atomic mass is 10.1. The number of rotatable bonds is 3. The van der Waals surface area contributed by atoms with Gasteiger partial charge >= 0.3 is 11.9 Å². The molecule has 3 heterocycles. The van der Waals surface area contributed by atoms with Crippen LogP contribution in [-0.2, 0) is 22.6 Å². The molecule has 1 aromatic heterocycles. The van der Waals surface area contributed by atoms with Crippen LogP contribution in [0.25, 0.3) is 0 Å². The molecule has 2 N–H and O–H groups in total. The summed E-state index contributed by atoms with van der Waals surface area (Å²) in [6, 6.07) is 0. The van der Waals surface area contributed by atoms with Crippen LogP contribution in [0.4, 0.5) is 0 Å². The topological polar surface area (TPSA) is 105 Å². The van der Waals surface area contributed by atoms with E-state index in [0.29, 0.717) is 5.69 Å². The Balaban J connectivity index is 1.94. The number of aromatic nitrogens is 2. The van der Waals surface area contributed by atoms with Crippen molar-refractivity contribution >= 4 is 29.4 Å². The number of carbonyl (C=O) groups is 2. The van der Waals surface area contributed by atoms with Gasteiger partial charge in [0.25, 0.3) is 0 Å². The smallest absolute Gasteiger partial charge is 0.351 e. The monoisotopic (exact) mass is 307 g/mol. The van der Waals surface area contributed by atoms with Gasteiger partial charge in [-0.1, -0.05) is 0 Å². The number of carboxylic acids is 2. The first-order chi connectivity index (χ1) is 10.1. The summed E-state index contributed by atoms with van der Waals surface area (Å²) < 4.78 is 2.03. The molecule has 0 bridgehead atoms. The largest absolute Gasteiger partial charge is 0.478 e. The van der Waals surface area contributed by atoms with Crippen LogP contribution in [0.15, 0.2) is 23.0 Å². The molecule has 110 valence electrons. The fraction of sp³-hybridized carbons (Fsp3) is 0.385. The maximum Gasteiger partial charge on any atom is 0.351 e. The van der Waals surface area contributed by atoms with E-state index in [1.807, 2.05) is 10.8 Å². The Kier molecular flexibility index (Phi) is 3.54. The predicted octanol–water partition coefficient (Wildman–Crippen LogP) is 1.11. The number of hydrogen-bond donors (Lipinski definition) is 2.